The second-order valence-electron chi connectivity index (χ2n) is 14.0. The summed E-state index contributed by atoms with van der Waals surface area (Å²) in [5.41, 5.74) is 1.63. The third kappa shape index (κ3) is 10.6. The van der Waals surface area contributed by atoms with E-state index in [0.717, 1.165) is 31.4 Å². The Labute approximate surface area is 272 Å². The monoisotopic (exact) mass is 632 g/mol. The number of para-hydroxylation sites is 2. The number of carbonyl (C=O) groups is 2. The van der Waals surface area contributed by atoms with E-state index >= 15 is 0 Å². The van der Waals surface area contributed by atoms with E-state index in [-0.39, 0.29) is 17.1 Å². The molecule has 0 aliphatic carbocycles. The number of amides is 3. The molecule has 3 aromatic rings. The quantitative estimate of drug-likeness (QED) is 0.126. The summed E-state index contributed by atoms with van der Waals surface area (Å²) in [6.07, 6.45) is 10.6. The van der Waals surface area contributed by atoms with Gasteiger partial charge < -0.3 is 9.15 Å². The summed E-state index contributed by atoms with van der Waals surface area (Å²) >= 11 is 0. The Balaban J connectivity index is 1.83. The number of anilines is 2. The van der Waals surface area contributed by atoms with E-state index in [1.165, 1.54) is 37.0 Å². The van der Waals surface area contributed by atoms with Crippen LogP contribution >= 0.6 is 0 Å². The van der Waals surface area contributed by atoms with Gasteiger partial charge in [-0.15, -0.1) is 0 Å². The Bertz CT molecular complexity index is 1230. The molecule has 45 heavy (non-hydrogen) atoms. The standard InChI is InChI=1S/C38H56N2O4Si/c1-8-9-10-11-12-13-20-27-34(30(2)35(29-33-26-21-28-43-33)45(6,7)38(3,4)5)44-37(42)39-36(41)40(31-22-16-14-17-23-31)32-24-18-15-19-25-32/h14-19,21-26,28,30,34-35H,8-13,20,27,29H2,1-7H3,(H,39,41,42). The fourth-order valence-corrected chi connectivity index (χ4v) is 9.49. The van der Waals surface area contributed by atoms with Crippen LogP contribution < -0.4 is 10.2 Å². The molecule has 6 nitrogen and oxygen atoms in total. The van der Waals surface area contributed by atoms with Gasteiger partial charge in [-0.25, -0.2) is 14.9 Å². The maximum Gasteiger partial charge on any atom is 0.415 e. The number of benzene rings is 2. The molecule has 0 aliphatic heterocycles. The van der Waals surface area contributed by atoms with Crippen LogP contribution in [-0.4, -0.2) is 26.3 Å². The van der Waals surface area contributed by atoms with Gasteiger partial charge in [0.05, 0.1) is 25.7 Å². The van der Waals surface area contributed by atoms with Crippen molar-refractivity contribution in [1.29, 1.82) is 0 Å². The number of unbranched alkanes of at least 4 members (excludes halogenated alkanes) is 6. The molecule has 2 aromatic carbocycles. The molecule has 246 valence electrons. The number of carbonyl (C=O) groups excluding carboxylic acids is 2. The van der Waals surface area contributed by atoms with Crippen LogP contribution in [0.15, 0.2) is 83.5 Å². The molecule has 0 radical (unpaired) electrons. The van der Waals surface area contributed by atoms with Crippen LogP contribution in [0.3, 0.4) is 0 Å². The van der Waals surface area contributed by atoms with Gasteiger partial charge in [0.1, 0.15) is 11.9 Å². The lowest BCUT2D eigenvalue weighted by Crippen LogP contribution is -2.49. The van der Waals surface area contributed by atoms with E-state index in [0.29, 0.717) is 16.9 Å². The van der Waals surface area contributed by atoms with Gasteiger partial charge >= 0.3 is 12.1 Å². The zero-order valence-electron chi connectivity index (χ0n) is 28.7. The van der Waals surface area contributed by atoms with Gasteiger partial charge in [-0.05, 0) is 65.7 Å². The molecule has 0 saturated heterocycles. The van der Waals surface area contributed by atoms with Crippen molar-refractivity contribution in [1.82, 2.24) is 5.32 Å². The number of urea groups is 1. The van der Waals surface area contributed by atoms with Crippen molar-refractivity contribution in [3.8, 4) is 0 Å². The number of rotatable bonds is 16. The van der Waals surface area contributed by atoms with Crippen molar-refractivity contribution >= 4 is 31.6 Å². The summed E-state index contributed by atoms with van der Waals surface area (Å²) in [5, 5.41) is 2.69. The summed E-state index contributed by atoms with van der Waals surface area (Å²) in [5.74, 6) is 1.05. The molecule has 1 heterocycles. The first-order chi connectivity index (χ1) is 21.5. The molecule has 0 spiro atoms. The Hall–Kier alpha value is -3.32. The topological polar surface area (TPSA) is 71.8 Å². The van der Waals surface area contributed by atoms with Crippen molar-refractivity contribution in [2.75, 3.05) is 4.90 Å². The van der Waals surface area contributed by atoms with Gasteiger partial charge in [0.25, 0.3) is 0 Å². The van der Waals surface area contributed by atoms with E-state index in [4.69, 9.17) is 9.15 Å². The average molecular weight is 633 g/mol. The van der Waals surface area contributed by atoms with E-state index in [2.05, 4.69) is 53.0 Å². The normalized spacial score (nSPS) is 13.9. The van der Waals surface area contributed by atoms with Crippen LogP contribution in [0.1, 0.15) is 91.7 Å². The Kier molecular flexibility index (Phi) is 14.0. The molecule has 0 aliphatic rings. The van der Waals surface area contributed by atoms with Crippen molar-refractivity contribution < 1.29 is 18.7 Å². The number of ether oxygens (including phenoxy) is 1. The highest BCUT2D eigenvalue weighted by atomic mass is 28.3. The molecule has 3 unspecified atom stereocenters. The molecule has 0 fully saturated rings. The summed E-state index contributed by atoms with van der Waals surface area (Å²) in [7, 11) is -1.92. The van der Waals surface area contributed by atoms with Crippen molar-refractivity contribution in [3.63, 3.8) is 0 Å². The predicted octanol–water partition coefficient (Wildman–Crippen LogP) is 11.5. The largest absolute Gasteiger partial charge is 0.469 e. The number of alkyl carbamates (subject to hydrolysis) is 1. The summed E-state index contributed by atoms with van der Waals surface area (Å²) in [6, 6.07) is 22.1. The predicted molar refractivity (Wildman–Crippen MR) is 189 cm³/mol. The van der Waals surface area contributed by atoms with Crippen LogP contribution in [0, 0.1) is 5.92 Å². The fourth-order valence-electron chi connectivity index (χ4n) is 6.14. The average Bonchev–Trinajstić information content (AvgIpc) is 3.52. The summed E-state index contributed by atoms with van der Waals surface area (Å²) in [4.78, 5) is 28.7. The third-order valence-corrected chi connectivity index (χ3v) is 16.3. The first-order valence-corrected chi connectivity index (χ1v) is 20.0. The van der Waals surface area contributed by atoms with Gasteiger partial charge in [0.15, 0.2) is 0 Å². The lowest BCUT2D eigenvalue weighted by atomic mass is 9.93. The van der Waals surface area contributed by atoms with Crippen molar-refractivity contribution in [2.24, 2.45) is 5.92 Å². The second-order valence-corrected chi connectivity index (χ2v) is 19.7. The van der Waals surface area contributed by atoms with Gasteiger partial charge in [-0.3, -0.25) is 4.90 Å². The van der Waals surface area contributed by atoms with E-state index in [1.807, 2.05) is 72.8 Å². The molecular weight excluding hydrogens is 577 g/mol. The lowest BCUT2D eigenvalue weighted by Gasteiger charge is -2.47. The van der Waals surface area contributed by atoms with Crippen LogP contribution in [0.2, 0.25) is 23.7 Å². The van der Waals surface area contributed by atoms with E-state index in [9.17, 15) is 9.59 Å². The van der Waals surface area contributed by atoms with Crippen LogP contribution in [0.25, 0.3) is 0 Å². The zero-order valence-corrected chi connectivity index (χ0v) is 29.7. The smallest absolute Gasteiger partial charge is 0.415 e. The first-order valence-electron chi connectivity index (χ1n) is 16.9. The number of nitrogens with zero attached hydrogens (tertiary/aromatic N) is 1. The van der Waals surface area contributed by atoms with Gasteiger partial charge in [-0.1, -0.05) is 123 Å². The lowest BCUT2D eigenvalue weighted by molar-refractivity contribution is 0.0573. The first kappa shape index (κ1) is 36.1. The molecule has 7 heteroatoms. The van der Waals surface area contributed by atoms with E-state index < -0.39 is 20.2 Å². The molecule has 1 N–H and O–H groups in total. The maximum atomic E-state index is 13.6. The van der Waals surface area contributed by atoms with Gasteiger partial charge in [-0.2, -0.15) is 0 Å². The minimum Gasteiger partial charge on any atom is -0.469 e. The van der Waals surface area contributed by atoms with Gasteiger partial charge in [0, 0.05) is 6.42 Å². The number of nitrogens with one attached hydrogen (secondary N) is 1. The SMILES string of the molecule is CCCCCCCCCC(OC(=O)NC(=O)N(c1ccccc1)c1ccccc1)C(C)C(Cc1ccco1)[Si](C)(C)C(C)(C)C. The van der Waals surface area contributed by atoms with Crippen LogP contribution in [0.4, 0.5) is 21.0 Å². The number of imide groups is 1. The van der Waals surface area contributed by atoms with E-state index in [1.54, 1.807) is 6.26 Å². The van der Waals surface area contributed by atoms with Crippen LogP contribution in [-0.2, 0) is 11.2 Å². The fraction of sp³-hybridized carbons (Fsp3) is 0.526. The highest BCUT2D eigenvalue weighted by molar-refractivity contribution is 6.81. The molecule has 3 atom stereocenters. The highest BCUT2D eigenvalue weighted by Crippen LogP contribution is 2.49. The molecular formula is C38H56N2O4Si. The molecule has 0 bridgehead atoms. The zero-order chi connectivity index (χ0) is 32.9. The third-order valence-electron chi connectivity index (χ3n) is 9.87. The van der Waals surface area contributed by atoms with Gasteiger partial charge in [0.2, 0.25) is 0 Å². The molecule has 1 aromatic heterocycles. The summed E-state index contributed by atoms with van der Waals surface area (Å²) in [6.45, 7) is 16.4. The molecule has 3 amide bonds. The van der Waals surface area contributed by atoms with Crippen LogP contribution in [0.5, 0.6) is 0 Å². The second kappa shape index (κ2) is 17.4. The van der Waals surface area contributed by atoms with Crippen molar-refractivity contribution in [3.05, 3.63) is 84.8 Å². The highest BCUT2D eigenvalue weighted by Gasteiger charge is 2.46. The number of furan rings is 1. The molecule has 0 saturated carbocycles. The Morgan fingerprint density at radius 1 is 0.844 bits per heavy atom. The maximum absolute atomic E-state index is 13.6. The number of hydrogen-bond acceptors (Lipinski definition) is 4. The Morgan fingerprint density at radius 3 is 1.91 bits per heavy atom. The number of hydrogen-bond donors (Lipinski definition) is 1. The summed E-state index contributed by atoms with van der Waals surface area (Å²) < 4.78 is 12.1. The minimum absolute atomic E-state index is 0.0799. The van der Waals surface area contributed by atoms with Crippen molar-refractivity contribution in [2.45, 2.75) is 122 Å². The minimum atomic E-state index is -1.92. The Morgan fingerprint density at radius 2 is 1.40 bits per heavy atom. The molecule has 3 rings (SSSR count).